The van der Waals surface area contributed by atoms with Crippen molar-refractivity contribution < 1.29 is 9.53 Å². The number of aryl methyl sites for hydroxylation is 1. The molecule has 2 heterocycles. The molecule has 1 fully saturated rings. The summed E-state index contributed by atoms with van der Waals surface area (Å²) in [7, 11) is 2.05. The van der Waals surface area contributed by atoms with E-state index in [2.05, 4.69) is 27.5 Å². The van der Waals surface area contributed by atoms with Gasteiger partial charge in [-0.25, -0.2) is 0 Å². The van der Waals surface area contributed by atoms with Gasteiger partial charge in [0, 0.05) is 25.6 Å². The first-order valence-electron chi connectivity index (χ1n) is 6.33. The maximum absolute atomic E-state index is 12.0. The van der Waals surface area contributed by atoms with Crippen LogP contribution in [0.15, 0.2) is 0 Å². The van der Waals surface area contributed by atoms with Crippen LogP contribution in [0.3, 0.4) is 0 Å². The third kappa shape index (κ3) is 3.68. The SMILES string of the molecule is Cc1[nH]nc(C(=O)NC[C@@H]2COCCN(C)C2)c1Cl. The molecule has 1 aromatic heterocycles. The minimum absolute atomic E-state index is 0.249. The first-order chi connectivity index (χ1) is 9.08. The smallest absolute Gasteiger partial charge is 0.273 e. The van der Waals surface area contributed by atoms with E-state index in [1.807, 2.05) is 0 Å². The molecule has 1 aliphatic rings. The molecule has 7 heteroatoms. The highest BCUT2D eigenvalue weighted by molar-refractivity contribution is 6.34. The van der Waals surface area contributed by atoms with Gasteiger partial charge in [-0.2, -0.15) is 5.10 Å². The highest BCUT2D eigenvalue weighted by Gasteiger charge is 2.20. The number of nitrogens with one attached hydrogen (secondary N) is 2. The van der Waals surface area contributed by atoms with Crippen LogP contribution in [0.2, 0.25) is 5.02 Å². The van der Waals surface area contributed by atoms with E-state index in [0.717, 1.165) is 19.7 Å². The first-order valence-corrected chi connectivity index (χ1v) is 6.70. The number of carbonyl (C=O) groups excluding carboxylic acids is 1. The fraction of sp³-hybridized carbons (Fsp3) is 0.667. The predicted molar refractivity (Wildman–Crippen MR) is 72.5 cm³/mol. The molecule has 0 radical (unpaired) electrons. The van der Waals surface area contributed by atoms with Gasteiger partial charge in [0.1, 0.15) is 0 Å². The summed E-state index contributed by atoms with van der Waals surface area (Å²) in [4.78, 5) is 14.2. The second-order valence-electron chi connectivity index (χ2n) is 4.92. The molecule has 0 aromatic carbocycles. The number of H-pyrrole nitrogens is 1. The molecule has 0 saturated carbocycles. The highest BCUT2D eigenvalue weighted by Crippen LogP contribution is 2.16. The lowest BCUT2D eigenvalue weighted by molar-refractivity contribution is 0.0916. The quantitative estimate of drug-likeness (QED) is 0.857. The Morgan fingerprint density at radius 2 is 2.47 bits per heavy atom. The largest absolute Gasteiger partial charge is 0.380 e. The van der Waals surface area contributed by atoms with Crippen LogP contribution in [0, 0.1) is 12.8 Å². The molecule has 2 rings (SSSR count). The molecule has 1 aliphatic heterocycles. The van der Waals surface area contributed by atoms with E-state index in [1.54, 1.807) is 6.92 Å². The monoisotopic (exact) mass is 286 g/mol. The number of hydrogen-bond acceptors (Lipinski definition) is 4. The molecule has 0 bridgehead atoms. The average molecular weight is 287 g/mol. The summed E-state index contributed by atoms with van der Waals surface area (Å²) < 4.78 is 5.50. The van der Waals surface area contributed by atoms with Crippen molar-refractivity contribution >= 4 is 17.5 Å². The van der Waals surface area contributed by atoms with Gasteiger partial charge in [-0.05, 0) is 14.0 Å². The van der Waals surface area contributed by atoms with Crippen LogP contribution in [-0.2, 0) is 4.74 Å². The van der Waals surface area contributed by atoms with Gasteiger partial charge in [0.2, 0.25) is 0 Å². The number of ether oxygens (including phenoxy) is 1. The van der Waals surface area contributed by atoms with E-state index in [4.69, 9.17) is 16.3 Å². The van der Waals surface area contributed by atoms with E-state index in [9.17, 15) is 4.79 Å². The number of halogens is 1. The average Bonchev–Trinajstić information content (AvgIpc) is 2.60. The Bertz CT molecular complexity index is 449. The van der Waals surface area contributed by atoms with E-state index in [0.29, 0.717) is 23.9 Å². The molecule has 6 nitrogen and oxygen atoms in total. The standard InChI is InChI=1S/C12H19ClN4O2/c1-8-10(13)11(16-15-8)12(18)14-5-9-6-17(2)3-4-19-7-9/h9H,3-7H2,1-2H3,(H,14,18)(H,15,16)/t9-/m0/s1. The zero-order valence-corrected chi connectivity index (χ0v) is 12.0. The van der Waals surface area contributed by atoms with Crippen molar-refractivity contribution in [2.75, 3.05) is 39.9 Å². The predicted octanol–water partition coefficient (Wildman–Crippen LogP) is 0.680. The molecular formula is C12H19ClN4O2. The van der Waals surface area contributed by atoms with Gasteiger partial charge < -0.3 is 15.0 Å². The second kappa shape index (κ2) is 6.36. The highest BCUT2D eigenvalue weighted by atomic mass is 35.5. The Hall–Kier alpha value is -1.11. The second-order valence-corrected chi connectivity index (χ2v) is 5.30. The van der Waals surface area contributed by atoms with Gasteiger partial charge in [-0.1, -0.05) is 11.6 Å². The minimum atomic E-state index is -0.249. The maximum Gasteiger partial charge on any atom is 0.273 e. The molecule has 1 atom stereocenters. The number of aromatic amines is 1. The lowest BCUT2D eigenvalue weighted by atomic mass is 10.1. The van der Waals surface area contributed by atoms with E-state index in [1.165, 1.54) is 0 Å². The van der Waals surface area contributed by atoms with Gasteiger partial charge in [0.25, 0.3) is 5.91 Å². The van der Waals surface area contributed by atoms with Crippen LogP contribution in [0.4, 0.5) is 0 Å². The van der Waals surface area contributed by atoms with E-state index in [-0.39, 0.29) is 17.5 Å². The molecule has 0 unspecified atom stereocenters. The number of likely N-dealkylation sites (N-methyl/N-ethyl adjacent to an activating group) is 1. The van der Waals surface area contributed by atoms with Gasteiger partial charge in [0.15, 0.2) is 5.69 Å². The minimum Gasteiger partial charge on any atom is -0.380 e. The van der Waals surface area contributed by atoms with Crippen LogP contribution in [0.5, 0.6) is 0 Å². The van der Waals surface area contributed by atoms with Crippen molar-refractivity contribution in [2.24, 2.45) is 5.92 Å². The van der Waals surface area contributed by atoms with Gasteiger partial charge in [0.05, 0.1) is 23.9 Å². The van der Waals surface area contributed by atoms with Crippen LogP contribution < -0.4 is 5.32 Å². The summed E-state index contributed by atoms with van der Waals surface area (Å²) in [5.41, 5.74) is 0.950. The van der Waals surface area contributed by atoms with Crippen molar-refractivity contribution in [1.29, 1.82) is 0 Å². The Kier molecular flexibility index (Phi) is 4.79. The summed E-state index contributed by atoms with van der Waals surface area (Å²) >= 11 is 5.99. The third-order valence-electron chi connectivity index (χ3n) is 3.18. The van der Waals surface area contributed by atoms with Crippen LogP contribution in [-0.4, -0.2) is 60.9 Å². The Morgan fingerprint density at radius 1 is 1.68 bits per heavy atom. The molecule has 106 valence electrons. The number of amides is 1. The lowest BCUT2D eigenvalue weighted by Gasteiger charge is -2.18. The van der Waals surface area contributed by atoms with Crippen molar-refractivity contribution in [1.82, 2.24) is 20.4 Å². The van der Waals surface area contributed by atoms with Crippen molar-refractivity contribution in [3.63, 3.8) is 0 Å². The zero-order chi connectivity index (χ0) is 13.8. The molecular weight excluding hydrogens is 268 g/mol. The van der Waals surface area contributed by atoms with Crippen molar-refractivity contribution in [2.45, 2.75) is 6.92 Å². The normalized spacial score (nSPS) is 21.1. The molecule has 19 heavy (non-hydrogen) atoms. The van der Waals surface area contributed by atoms with Gasteiger partial charge in [-0.3, -0.25) is 9.89 Å². The van der Waals surface area contributed by atoms with Crippen LogP contribution in [0.25, 0.3) is 0 Å². The number of rotatable bonds is 3. The number of hydrogen-bond donors (Lipinski definition) is 2. The van der Waals surface area contributed by atoms with Gasteiger partial charge >= 0.3 is 0 Å². The Balaban J connectivity index is 1.87. The van der Waals surface area contributed by atoms with Gasteiger partial charge in [-0.15, -0.1) is 0 Å². The van der Waals surface area contributed by atoms with E-state index < -0.39 is 0 Å². The van der Waals surface area contributed by atoms with Crippen molar-refractivity contribution in [3.8, 4) is 0 Å². The Morgan fingerprint density at radius 3 is 3.16 bits per heavy atom. The number of nitrogens with zero attached hydrogens (tertiary/aromatic N) is 2. The van der Waals surface area contributed by atoms with Crippen molar-refractivity contribution in [3.05, 3.63) is 16.4 Å². The fourth-order valence-electron chi connectivity index (χ4n) is 2.07. The van der Waals surface area contributed by atoms with E-state index >= 15 is 0 Å². The topological polar surface area (TPSA) is 70.2 Å². The molecule has 1 aromatic rings. The third-order valence-corrected chi connectivity index (χ3v) is 3.64. The number of carbonyl (C=O) groups is 1. The summed E-state index contributed by atoms with van der Waals surface area (Å²) in [6, 6.07) is 0. The fourth-order valence-corrected chi connectivity index (χ4v) is 2.24. The molecule has 0 spiro atoms. The molecule has 1 saturated heterocycles. The molecule has 0 aliphatic carbocycles. The first kappa shape index (κ1) is 14.3. The lowest BCUT2D eigenvalue weighted by Crippen LogP contribution is -2.36. The molecule has 2 N–H and O–H groups in total. The van der Waals surface area contributed by atoms with Crippen LogP contribution in [0.1, 0.15) is 16.2 Å². The summed E-state index contributed by atoms with van der Waals surface area (Å²) in [6.45, 7) is 5.58. The Labute approximate surface area is 117 Å². The summed E-state index contributed by atoms with van der Waals surface area (Å²) in [5.74, 6) is 0.0384. The maximum atomic E-state index is 12.0. The number of aromatic nitrogens is 2. The molecule has 1 amide bonds. The van der Waals surface area contributed by atoms with Crippen LogP contribution >= 0.6 is 11.6 Å². The summed E-state index contributed by atoms with van der Waals surface area (Å²) in [6.07, 6.45) is 0. The zero-order valence-electron chi connectivity index (χ0n) is 11.2. The summed E-state index contributed by atoms with van der Waals surface area (Å²) in [5, 5.41) is 9.84.